The van der Waals surface area contributed by atoms with Crippen molar-refractivity contribution >= 4 is 70.3 Å². The molecule has 6 N–H and O–H groups in total. The largest absolute Gasteiger partial charge is 0.367 e. The van der Waals surface area contributed by atoms with Gasteiger partial charge < -0.3 is 51.2 Å². The molecule has 4 fully saturated rings. The number of carbonyl (C=O) groups excluding carboxylic acids is 5. The van der Waals surface area contributed by atoms with Crippen molar-refractivity contribution < 1.29 is 33.4 Å². The molecule has 5 amide bonds. The molecular formula is C50H70N8O7S3. The Morgan fingerprint density at radius 2 is 1.10 bits per heavy atom. The molecule has 0 bridgehead atoms. The number of ether oxygens (including phenoxy) is 2. The van der Waals surface area contributed by atoms with Crippen molar-refractivity contribution in [3.8, 4) is 11.8 Å². The van der Waals surface area contributed by atoms with Gasteiger partial charge in [-0.15, -0.1) is 23.5 Å². The minimum absolute atomic E-state index is 0.0698. The smallest absolute Gasteiger partial charge is 0.246 e. The van der Waals surface area contributed by atoms with Crippen LogP contribution in [-0.4, -0.2) is 143 Å². The van der Waals surface area contributed by atoms with Gasteiger partial charge in [-0.1, -0.05) is 112 Å². The second-order valence-corrected chi connectivity index (χ2v) is 22.4. The number of amides is 5. The standard InChI is InChI=1S/C50H70N8O7S3/c1-31(51-7)43(59)53-35-21-25-67-39-27-49(3,4)41(57(39)47(35)62)44(60)54-37(33-17-11-9-12-18-33)29-64-23-15-16-24-65-30-38(34-19-13-10-14-20-34)55-45(61)42-50(5,6)28-40-58(42)48(63)36(22-26-68-40)56-46(66)32(2)52-8/h9-14,17-20,31-32,35-42,51-52H,21-30H2,1-8H3,(H,53,59)(H,54,60)(H,55,61)(H,56,66)/t31-,32-,35-,36-,37+,38+,39-,40-,41+,42+/m0/s1. The van der Waals surface area contributed by atoms with Crippen LogP contribution in [0.25, 0.3) is 0 Å². The highest BCUT2D eigenvalue weighted by atomic mass is 32.2. The average molecular weight is 991 g/mol. The molecule has 2 aromatic carbocycles. The summed E-state index contributed by atoms with van der Waals surface area (Å²) in [5.41, 5.74) is 0.697. The molecule has 4 heterocycles. The Kier molecular flexibility index (Phi) is 18.8. The van der Waals surface area contributed by atoms with E-state index < -0.39 is 53.1 Å². The van der Waals surface area contributed by atoms with Crippen LogP contribution in [0.4, 0.5) is 0 Å². The van der Waals surface area contributed by atoms with Gasteiger partial charge in [-0.2, -0.15) is 0 Å². The predicted molar refractivity (Wildman–Crippen MR) is 272 cm³/mol. The summed E-state index contributed by atoms with van der Waals surface area (Å²) in [7, 11) is 3.52. The van der Waals surface area contributed by atoms with Crippen LogP contribution >= 0.6 is 35.7 Å². The van der Waals surface area contributed by atoms with Crippen LogP contribution in [0.1, 0.15) is 90.4 Å². The highest BCUT2D eigenvalue weighted by Gasteiger charge is 2.56. The van der Waals surface area contributed by atoms with E-state index in [1.54, 1.807) is 47.3 Å². The number of thioether (sulfide) groups is 2. The van der Waals surface area contributed by atoms with Gasteiger partial charge in [-0.25, -0.2) is 0 Å². The molecule has 0 aromatic heterocycles. The quantitative estimate of drug-likeness (QED) is 0.0720. The summed E-state index contributed by atoms with van der Waals surface area (Å²) < 4.78 is 12.1. The molecule has 0 spiro atoms. The SMILES string of the molecule is CN[C@@H](C)C(=O)N[C@H]1CCS[C@H]2CC(C)(C)[C@@H](C(=O)N[C@H](COCC#CCOC[C@@H](NC(=O)[C@H]3N4C(=O)[C@@H](NC(=S)[C@H](C)NC)CCS[C@H]4CC3(C)C)c3ccccc3)c3ccccc3)N2C1=O. The number of carbonyl (C=O) groups is 5. The topological polar surface area (TPSA) is 182 Å². The Bertz CT molecular complexity index is 2010. The molecule has 6 rings (SSSR count). The normalized spacial score (nSPS) is 25.8. The molecule has 0 aliphatic carbocycles. The number of likely N-dealkylation sites (N-methyl/N-ethyl adjacent to an activating group) is 2. The lowest BCUT2D eigenvalue weighted by molar-refractivity contribution is -0.144. The maximum atomic E-state index is 14.4. The molecule has 4 aliphatic rings. The Hall–Kier alpha value is -4.22. The fourth-order valence-corrected chi connectivity index (χ4v) is 12.8. The Morgan fingerprint density at radius 3 is 1.51 bits per heavy atom. The van der Waals surface area contributed by atoms with E-state index in [9.17, 15) is 24.0 Å². The summed E-state index contributed by atoms with van der Waals surface area (Å²) >= 11 is 8.97. The maximum Gasteiger partial charge on any atom is 0.246 e. The van der Waals surface area contributed by atoms with Gasteiger partial charge in [-0.05, 0) is 87.1 Å². The average Bonchev–Trinajstić information content (AvgIpc) is 3.64. The fraction of sp³-hybridized carbons (Fsp3) is 0.600. The van der Waals surface area contributed by atoms with E-state index in [1.165, 1.54) is 0 Å². The first kappa shape index (κ1) is 53.1. The zero-order chi connectivity index (χ0) is 49.2. The van der Waals surface area contributed by atoms with Crippen molar-refractivity contribution in [2.45, 2.75) is 126 Å². The number of hydrogen-bond donors (Lipinski definition) is 6. The van der Waals surface area contributed by atoms with Crippen LogP contribution in [0.3, 0.4) is 0 Å². The monoisotopic (exact) mass is 990 g/mol. The molecule has 0 radical (unpaired) electrons. The predicted octanol–water partition coefficient (Wildman–Crippen LogP) is 3.90. The first-order chi connectivity index (χ1) is 32.5. The number of nitrogens with one attached hydrogen (secondary N) is 6. The second kappa shape index (κ2) is 24.1. The van der Waals surface area contributed by atoms with E-state index in [0.717, 1.165) is 16.9 Å². The Labute approximate surface area is 416 Å². The van der Waals surface area contributed by atoms with Crippen molar-refractivity contribution in [3.63, 3.8) is 0 Å². The number of hydrogen-bond acceptors (Lipinski definition) is 12. The zero-order valence-electron chi connectivity index (χ0n) is 40.6. The van der Waals surface area contributed by atoms with Crippen LogP contribution in [0, 0.1) is 22.7 Å². The van der Waals surface area contributed by atoms with E-state index in [1.807, 2.05) is 102 Å². The molecule has 15 nitrogen and oxygen atoms in total. The molecule has 4 aliphatic heterocycles. The van der Waals surface area contributed by atoms with Crippen molar-refractivity contribution in [1.29, 1.82) is 0 Å². The van der Waals surface area contributed by atoms with E-state index in [2.05, 4.69) is 43.7 Å². The van der Waals surface area contributed by atoms with Gasteiger partial charge >= 0.3 is 0 Å². The summed E-state index contributed by atoms with van der Waals surface area (Å²) in [4.78, 5) is 74.0. The minimum atomic E-state index is -0.761. The van der Waals surface area contributed by atoms with Crippen molar-refractivity contribution in [2.24, 2.45) is 10.8 Å². The summed E-state index contributed by atoms with van der Waals surface area (Å²) in [5, 5.41) is 18.4. The molecule has 18 heteroatoms. The Morgan fingerprint density at radius 1 is 0.691 bits per heavy atom. The van der Waals surface area contributed by atoms with E-state index >= 15 is 0 Å². The molecule has 2 aromatic rings. The third-order valence-electron chi connectivity index (χ3n) is 13.5. The summed E-state index contributed by atoms with van der Waals surface area (Å²) in [6.45, 7) is 12.2. The number of nitrogens with zero attached hydrogens (tertiary/aromatic N) is 2. The number of rotatable bonds is 18. The van der Waals surface area contributed by atoms with Gasteiger partial charge in [0.25, 0.3) is 0 Å². The van der Waals surface area contributed by atoms with Crippen molar-refractivity contribution in [3.05, 3.63) is 71.8 Å². The summed E-state index contributed by atoms with van der Waals surface area (Å²) in [5.74, 6) is 6.34. The number of thiocarbonyl (C=S) groups is 1. The third kappa shape index (κ3) is 12.9. The Balaban J connectivity index is 1.06. The molecular weight excluding hydrogens is 921 g/mol. The molecule has 370 valence electrons. The molecule has 10 atom stereocenters. The lowest BCUT2D eigenvalue weighted by Gasteiger charge is -2.35. The second-order valence-electron chi connectivity index (χ2n) is 19.4. The lowest BCUT2D eigenvalue weighted by atomic mass is 9.83. The van der Waals surface area contributed by atoms with Gasteiger partial charge in [-0.3, -0.25) is 24.0 Å². The van der Waals surface area contributed by atoms with Crippen molar-refractivity contribution in [1.82, 2.24) is 41.7 Å². The molecule has 68 heavy (non-hydrogen) atoms. The molecule has 0 unspecified atom stereocenters. The van der Waals surface area contributed by atoms with Crippen LogP contribution < -0.4 is 31.9 Å². The van der Waals surface area contributed by atoms with E-state index in [4.69, 9.17) is 21.7 Å². The molecule has 0 saturated carbocycles. The van der Waals surface area contributed by atoms with Crippen LogP contribution in [-0.2, 0) is 33.4 Å². The van der Waals surface area contributed by atoms with Gasteiger partial charge in [0, 0.05) is 0 Å². The lowest BCUT2D eigenvalue weighted by Crippen LogP contribution is -2.58. The first-order valence-electron chi connectivity index (χ1n) is 23.6. The highest BCUT2D eigenvalue weighted by molar-refractivity contribution is 8.00. The number of benzene rings is 2. The molecule has 4 saturated heterocycles. The van der Waals surface area contributed by atoms with Gasteiger partial charge in [0.2, 0.25) is 29.5 Å². The minimum Gasteiger partial charge on any atom is -0.367 e. The zero-order valence-corrected chi connectivity index (χ0v) is 43.0. The third-order valence-corrected chi connectivity index (χ3v) is 16.4. The summed E-state index contributed by atoms with van der Waals surface area (Å²) in [6.07, 6.45) is 2.42. The highest BCUT2D eigenvalue weighted by Crippen LogP contribution is 2.48. The van der Waals surface area contributed by atoms with Crippen LogP contribution in [0.5, 0.6) is 0 Å². The fourth-order valence-electron chi connectivity index (χ4n) is 9.43. The maximum absolute atomic E-state index is 14.4. The van der Waals surface area contributed by atoms with Crippen LogP contribution in [0.2, 0.25) is 0 Å². The van der Waals surface area contributed by atoms with E-state index in [0.29, 0.717) is 36.4 Å². The van der Waals surface area contributed by atoms with Crippen LogP contribution in [0.15, 0.2) is 60.7 Å². The summed E-state index contributed by atoms with van der Waals surface area (Å²) in [6, 6.07) is 14.9. The first-order valence-corrected chi connectivity index (χ1v) is 26.1. The number of fused-ring (bicyclic) bond motifs is 2. The van der Waals surface area contributed by atoms with Gasteiger partial charge in [0.05, 0.1) is 53.1 Å². The van der Waals surface area contributed by atoms with Gasteiger partial charge in [0.1, 0.15) is 37.4 Å². The van der Waals surface area contributed by atoms with Gasteiger partial charge in [0.15, 0.2) is 0 Å². The van der Waals surface area contributed by atoms with Crippen molar-refractivity contribution in [2.75, 3.05) is 52.0 Å². The van der Waals surface area contributed by atoms with E-state index in [-0.39, 0.29) is 72.8 Å².